The maximum absolute atomic E-state index is 12.4. The second-order valence-corrected chi connectivity index (χ2v) is 9.77. The zero-order valence-electron chi connectivity index (χ0n) is 18.2. The Morgan fingerprint density at radius 3 is 2.27 bits per heavy atom. The van der Waals surface area contributed by atoms with Crippen molar-refractivity contribution in [1.29, 1.82) is 0 Å². The molecule has 1 N–H and O–H groups in total. The number of fused-ring (bicyclic) bond motifs is 2. The Balaban J connectivity index is 1.30. The van der Waals surface area contributed by atoms with E-state index in [4.69, 9.17) is 4.74 Å². The number of thiophene rings is 1. The molecule has 0 aliphatic carbocycles. The highest BCUT2D eigenvalue weighted by atomic mass is 32.2. The topological polar surface area (TPSA) is 75.7 Å². The van der Waals surface area contributed by atoms with Crippen LogP contribution in [0.3, 0.4) is 0 Å². The van der Waals surface area contributed by atoms with E-state index < -0.39 is 5.97 Å². The van der Waals surface area contributed by atoms with Crippen molar-refractivity contribution in [3.8, 4) is 0 Å². The second kappa shape index (κ2) is 10.7. The number of nitrogens with one attached hydrogen (secondary N) is 1. The molecule has 8 heteroatoms. The molecule has 0 bridgehead atoms. The van der Waals surface area contributed by atoms with Crippen LogP contribution in [0.5, 0.6) is 0 Å². The van der Waals surface area contributed by atoms with Crippen molar-refractivity contribution in [3.63, 3.8) is 0 Å². The summed E-state index contributed by atoms with van der Waals surface area (Å²) >= 11 is 3.08. The largest absolute Gasteiger partial charge is 0.457 e. The Bertz CT molecular complexity index is 1130. The number of anilines is 2. The van der Waals surface area contributed by atoms with Crippen molar-refractivity contribution in [2.75, 3.05) is 24.6 Å². The highest BCUT2D eigenvalue weighted by molar-refractivity contribution is 7.99. The number of rotatable bonds is 9. The van der Waals surface area contributed by atoms with Gasteiger partial charge in [0.15, 0.2) is 6.61 Å². The number of hydrogen-bond acceptors (Lipinski definition) is 7. The third kappa shape index (κ3) is 5.83. The van der Waals surface area contributed by atoms with Crippen molar-refractivity contribution < 1.29 is 19.1 Å². The Labute approximate surface area is 200 Å². The van der Waals surface area contributed by atoms with Gasteiger partial charge in [-0.05, 0) is 42.8 Å². The molecule has 1 aliphatic heterocycles. The first-order valence-corrected chi connectivity index (χ1v) is 12.3. The second-order valence-electron chi connectivity index (χ2n) is 7.52. The molecule has 0 atom stereocenters. The number of ether oxygens (including phenoxy) is 1. The fourth-order valence-electron chi connectivity index (χ4n) is 3.54. The highest BCUT2D eigenvalue weighted by Crippen LogP contribution is 2.47. The van der Waals surface area contributed by atoms with Crippen molar-refractivity contribution in [2.45, 2.75) is 29.6 Å². The number of para-hydroxylation sites is 2. The lowest BCUT2D eigenvalue weighted by Crippen LogP contribution is -2.25. The van der Waals surface area contributed by atoms with Gasteiger partial charge >= 0.3 is 5.97 Å². The lowest BCUT2D eigenvalue weighted by atomic mass is 10.2. The van der Waals surface area contributed by atoms with Gasteiger partial charge in [0.05, 0.1) is 22.7 Å². The average Bonchev–Trinajstić information content (AvgIpc) is 3.29. The zero-order chi connectivity index (χ0) is 23.2. The predicted molar refractivity (Wildman–Crippen MR) is 131 cm³/mol. The molecule has 1 aliphatic rings. The van der Waals surface area contributed by atoms with Crippen molar-refractivity contribution in [1.82, 2.24) is 5.32 Å². The van der Waals surface area contributed by atoms with Crippen LogP contribution in [0.25, 0.3) is 0 Å². The Morgan fingerprint density at radius 2 is 1.61 bits per heavy atom. The van der Waals surface area contributed by atoms with Crippen LogP contribution in [0.1, 0.15) is 27.9 Å². The summed E-state index contributed by atoms with van der Waals surface area (Å²) in [5.41, 5.74) is 2.13. The van der Waals surface area contributed by atoms with Gasteiger partial charge < -0.3 is 15.0 Å². The minimum Gasteiger partial charge on any atom is -0.457 e. The predicted octanol–water partition coefficient (Wildman–Crippen LogP) is 4.85. The van der Waals surface area contributed by atoms with E-state index in [-0.39, 0.29) is 24.7 Å². The number of amides is 1. The van der Waals surface area contributed by atoms with E-state index in [1.165, 1.54) is 18.3 Å². The molecule has 0 saturated heterocycles. The summed E-state index contributed by atoms with van der Waals surface area (Å²) in [7, 11) is 0. The summed E-state index contributed by atoms with van der Waals surface area (Å²) in [5, 5.41) is 2.73. The molecule has 4 rings (SSSR count). The van der Waals surface area contributed by atoms with Crippen LogP contribution < -0.4 is 10.2 Å². The lowest BCUT2D eigenvalue weighted by molar-refractivity contribution is -0.142. The maximum Gasteiger partial charge on any atom is 0.308 e. The molecule has 0 saturated carbocycles. The summed E-state index contributed by atoms with van der Waals surface area (Å²) in [6.45, 7) is 2.20. The van der Waals surface area contributed by atoms with Crippen LogP contribution in [0.4, 0.5) is 11.4 Å². The summed E-state index contributed by atoms with van der Waals surface area (Å²) in [4.78, 5) is 41.8. The van der Waals surface area contributed by atoms with E-state index in [9.17, 15) is 14.4 Å². The fourth-order valence-corrected chi connectivity index (χ4v) is 5.57. The number of benzene rings is 2. The number of carbonyl (C=O) groups is 3. The first-order chi connectivity index (χ1) is 16.0. The molecular formula is C25H24N2O4S2. The standard InChI is InChI=1S/C25H24N2O4S2/c1-17(28)26-14-12-18-10-11-24(32-18)21(29)16-31-25(30)13-15-27-19-6-2-4-8-22(19)33-23-9-5-3-7-20(23)27/h2-11H,12-16H2,1H3,(H,26,28). The highest BCUT2D eigenvalue weighted by Gasteiger charge is 2.23. The minimum absolute atomic E-state index is 0.0787. The van der Waals surface area contributed by atoms with Gasteiger partial charge in [0.25, 0.3) is 0 Å². The van der Waals surface area contributed by atoms with Crippen molar-refractivity contribution >= 4 is 52.1 Å². The first-order valence-electron chi connectivity index (χ1n) is 10.7. The van der Waals surface area contributed by atoms with Gasteiger partial charge in [-0.15, -0.1) is 11.3 Å². The molecule has 0 radical (unpaired) electrons. The molecule has 6 nitrogen and oxygen atoms in total. The third-order valence-electron chi connectivity index (χ3n) is 5.12. The van der Waals surface area contributed by atoms with E-state index >= 15 is 0 Å². The quantitative estimate of drug-likeness (QED) is 0.349. The number of nitrogens with zero attached hydrogens (tertiary/aromatic N) is 1. The van der Waals surface area contributed by atoms with Gasteiger partial charge in [-0.25, -0.2) is 0 Å². The molecule has 2 aromatic carbocycles. The molecule has 0 fully saturated rings. The normalized spacial score (nSPS) is 12.0. The Kier molecular flexibility index (Phi) is 7.47. The van der Waals surface area contributed by atoms with Gasteiger partial charge in [-0.1, -0.05) is 36.0 Å². The number of carbonyl (C=O) groups excluding carboxylic acids is 3. The van der Waals surface area contributed by atoms with Gasteiger partial charge in [0, 0.05) is 34.7 Å². The summed E-state index contributed by atoms with van der Waals surface area (Å²) in [5.74, 6) is -0.701. The van der Waals surface area contributed by atoms with Crippen LogP contribution in [-0.4, -0.2) is 37.4 Å². The number of esters is 1. The van der Waals surface area contributed by atoms with Crippen LogP contribution in [0, 0.1) is 0 Å². The number of ketones is 1. The molecule has 1 aromatic heterocycles. The van der Waals surface area contributed by atoms with E-state index in [1.807, 2.05) is 42.5 Å². The van der Waals surface area contributed by atoms with Gasteiger partial charge in [-0.2, -0.15) is 0 Å². The van der Waals surface area contributed by atoms with Crippen LogP contribution in [0.2, 0.25) is 0 Å². The minimum atomic E-state index is -0.404. The zero-order valence-corrected chi connectivity index (χ0v) is 19.8. The Morgan fingerprint density at radius 1 is 0.939 bits per heavy atom. The number of Topliss-reactive ketones (excluding diaryl/α,β-unsaturated/α-hetero) is 1. The van der Waals surface area contributed by atoms with Crippen LogP contribution in [0.15, 0.2) is 70.5 Å². The molecular weight excluding hydrogens is 456 g/mol. The molecule has 1 amide bonds. The van der Waals surface area contributed by atoms with Gasteiger partial charge in [-0.3, -0.25) is 14.4 Å². The van der Waals surface area contributed by atoms with Gasteiger partial charge in [0.1, 0.15) is 0 Å². The summed E-state index contributed by atoms with van der Waals surface area (Å²) in [6, 6.07) is 19.8. The molecule has 0 unspecified atom stereocenters. The third-order valence-corrected chi connectivity index (χ3v) is 7.43. The fraction of sp³-hybridized carbons (Fsp3) is 0.240. The molecule has 170 valence electrons. The Hall–Kier alpha value is -3.10. The van der Waals surface area contributed by atoms with E-state index in [0.717, 1.165) is 26.0 Å². The van der Waals surface area contributed by atoms with Crippen molar-refractivity contribution in [3.05, 3.63) is 70.4 Å². The van der Waals surface area contributed by atoms with Crippen molar-refractivity contribution in [2.24, 2.45) is 0 Å². The molecule has 33 heavy (non-hydrogen) atoms. The van der Waals surface area contributed by atoms with E-state index in [1.54, 1.807) is 17.8 Å². The molecule has 2 heterocycles. The lowest BCUT2D eigenvalue weighted by Gasteiger charge is -2.32. The summed E-state index contributed by atoms with van der Waals surface area (Å²) < 4.78 is 5.28. The molecule has 3 aromatic rings. The average molecular weight is 481 g/mol. The molecule has 0 spiro atoms. The number of hydrogen-bond donors (Lipinski definition) is 1. The van der Waals surface area contributed by atoms with E-state index in [0.29, 0.717) is 24.4 Å². The van der Waals surface area contributed by atoms with Crippen LogP contribution in [-0.2, 0) is 20.7 Å². The smallest absolute Gasteiger partial charge is 0.308 e. The summed E-state index contributed by atoms with van der Waals surface area (Å²) in [6.07, 6.45) is 0.835. The SMILES string of the molecule is CC(=O)NCCc1ccc(C(=O)COC(=O)CCN2c3ccccc3Sc3ccccc32)s1. The van der Waals surface area contributed by atoms with Crippen LogP contribution >= 0.6 is 23.1 Å². The van der Waals surface area contributed by atoms with E-state index in [2.05, 4.69) is 22.3 Å². The van der Waals surface area contributed by atoms with Gasteiger partial charge in [0.2, 0.25) is 11.7 Å². The maximum atomic E-state index is 12.4. The first kappa shape index (κ1) is 23.1. The monoisotopic (exact) mass is 480 g/mol.